The molecular formula is C41H55N9O9. The van der Waals surface area contributed by atoms with E-state index >= 15 is 0 Å². The first-order valence-corrected chi connectivity index (χ1v) is 20.1. The van der Waals surface area contributed by atoms with Gasteiger partial charge < -0.3 is 44.9 Å². The maximum absolute atomic E-state index is 13.0. The van der Waals surface area contributed by atoms with E-state index in [0.717, 1.165) is 32.5 Å². The number of nitrogen functional groups attached to an aromatic ring is 1. The molecule has 2 saturated heterocycles. The molecule has 2 amide bonds. The summed E-state index contributed by atoms with van der Waals surface area (Å²) in [5, 5.41) is 30.3. The molecule has 4 N–H and O–H groups in total. The number of nitrogens with two attached hydrogens (primary N) is 1. The van der Waals surface area contributed by atoms with Crippen LogP contribution in [0, 0.1) is 15.5 Å². The van der Waals surface area contributed by atoms with Crippen LogP contribution in [-0.4, -0.2) is 136 Å². The molecule has 18 nitrogen and oxygen atoms in total. The molecule has 4 aromatic rings. The maximum Gasteiger partial charge on any atom is 0.312 e. The molecule has 6 rings (SSSR count). The Morgan fingerprint density at radius 3 is 2.32 bits per heavy atom. The Bertz CT molecular complexity index is 2030. The SMILES string of the molecule is CC(C)(C)[C@H](NC(=O)CCOCCOCCOCCN1CCC(n2nc(-c3ccc(Oc4ccccc4)c([N+](=O)[O-])c3)c3c(N)ncnc32)CC1)C(=O)N1CC[C@@H](O)C1. The molecule has 0 bridgehead atoms. The van der Waals surface area contributed by atoms with Crippen LogP contribution in [0.2, 0.25) is 0 Å². The van der Waals surface area contributed by atoms with Crippen LogP contribution in [0.1, 0.15) is 52.5 Å². The fraction of sp³-hybridized carbons (Fsp3) is 0.537. The standard InChI is InChI=1S/C41H55N9O9/c1-41(2,3)37(40(53)48-17-13-30(51)26-48)45-34(52)14-19-56-21-23-58-24-22-57-20-18-47-15-11-29(12-16-47)49-39-35(38(42)43-27-44-39)36(46-49)28-9-10-33(32(25-28)50(54)55)59-31-7-5-4-6-8-31/h4-10,25,27,29-30,37,51H,11-24,26H2,1-3H3,(H,45,52)(H2,42,43,44)/t30-,37-/m1/s1. The number of nitrogens with zero attached hydrogens (tertiary/aromatic N) is 7. The summed E-state index contributed by atoms with van der Waals surface area (Å²) in [7, 11) is 0. The van der Waals surface area contributed by atoms with Crippen LogP contribution in [0.4, 0.5) is 11.5 Å². The van der Waals surface area contributed by atoms with E-state index in [2.05, 4.69) is 20.2 Å². The second kappa shape index (κ2) is 20.1. The maximum atomic E-state index is 13.0. The highest BCUT2D eigenvalue weighted by atomic mass is 16.6. The van der Waals surface area contributed by atoms with Crippen molar-refractivity contribution in [1.29, 1.82) is 0 Å². The van der Waals surface area contributed by atoms with Crippen molar-refractivity contribution in [1.82, 2.24) is 34.9 Å². The molecule has 318 valence electrons. The number of piperidine rings is 1. The average Bonchev–Trinajstić information content (AvgIpc) is 3.84. The van der Waals surface area contributed by atoms with Crippen LogP contribution in [0.25, 0.3) is 22.3 Å². The van der Waals surface area contributed by atoms with E-state index in [1.165, 1.54) is 12.4 Å². The van der Waals surface area contributed by atoms with Crippen molar-refractivity contribution in [2.45, 2.75) is 64.6 Å². The van der Waals surface area contributed by atoms with Crippen molar-refractivity contribution >= 4 is 34.4 Å². The summed E-state index contributed by atoms with van der Waals surface area (Å²) >= 11 is 0. The first-order chi connectivity index (χ1) is 28.4. The number of β-amino-alcohol motifs (C(OH)–C–C–N with tert-alkyl or cyclic N) is 1. The number of hydrogen-bond donors (Lipinski definition) is 3. The van der Waals surface area contributed by atoms with Crippen molar-refractivity contribution in [2.75, 3.05) is 78.1 Å². The van der Waals surface area contributed by atoms with Crippen LogP contribution in [0.3, 0.4) is 0 Å². The van der Waals surface area contributed by atoms with Gasteiger partial charge in [0.25, 0.3) is 0 Å². The number of para-hydroxylation sites is 1. The molecule has 2 aromatic heterocycles. The van der Waals surface area contributed by atoms with E-state index in [4.69, 9.17) is 29.8 Å². The highest BCUT2D eigenvalue weighted by Gasteiger charge is 2.38. The number of fused-ring (bicyclic) bond motifs is 1. The molecule has 0 spiro atoms. The van der Waals surface area contributed by atoms with Crippen molar-refractivity contribution < 1.29 is 38.6 Å². The third-order valence-electron chi connectivity index (χ3n) is 10.5. The largest absolute Gasteiger partial charge is 0.450 e. The van der Waals surface area contributed by atoms with Crippen LogP contribution in [0.15, 0.2) is 54.9 Å². The number of nitrogens with one attached hydrogen (secondary N) is 1. The predicted octanol–water partition coefficient (Wildman–Crippen LogP) is 3.98. The van der Waals surface area contributed by atoms with Gasteiger partial charge in [-0.05, 0) is 48.9 Å². The zero-order valence-corrected chi connectivity index (χ0v) is 34.0. The zero-order chi connectivity index (χ0) is 41.9. The Labute approximate surface area is 343 Å². The number of aliphatic hydroxyl groups excluding tert-OH is 1. The summed E-state index contributed by atoms with van der Waals surface area (Å²) in [6.07, 6.45) is 3.18. The van der Waals surface area contributed by atoms with E-state index in [1.54, 1.807) is 41.3 Å². The number of anilines is 1. The molecule has 18 heteroatoms. The molecular weight excluding hydrogens is 763 g/mol. The fourth-order valence-electron chi connectivity index (χ4n) is 7.26. The number of aliphatic hydroxyl groups is 1. The molecule has 4 heterocycles. The highest BCUT2D eigenvalue weighted by Crippen LogP contribution is 2.39. The van der Waals surface area contributed by atoms with Crippen molar-refractivity contribution in [2.24, 2.45) is 5.41 Å². The lowest BCUT2D eigenvalue weighted by molar-refractivity contribution is -0.385. The number of nitro groups is 1. The van der Waals surface area contributed by atoms with Gasteiger partial charge in [-0.15, -0.1) is 0 Å². The summed E-state index contributed by atoms with van der Waals surface area (Å²) in [6.45, 7) is 11.2. The van der Waals surface area contributed by atoms with Gasteiger partial charge >= 0.3 is 5.69 Å². The van der Waals surface area contributed by atoms with Crippen molar-refractivity contribution in [3.8, 4) is 22.8 Å². The molecule has 0 saturated carbocycles. The van der Waals surface area contributed by atoms with Gasteiger partial charge in [-0.2, -0.15) is 5.10 Å². The fourth-order valence-corrected chi connectivity index (χ4v) is 7.26. The van der Waals surface area contributed by atoms with Gasteiger partial charge in [0.05, 0.1) is 62.1 Å². The number of hydrogen-bond acceptors (Lipinski definition) is 14. The first-order valence-electron chi connectivity index (χ1n) is 20.1. The number of amides is 2. The number of aromatic nitrogens is 4. The highest BCUT2D eigenvalue weighted by molar-refractivity contribution is 5.98. The monoisotopic (exact) mass is 817 g/mol. The van der Waals surface area contributed by atoms with Crippen LogP contribution in [-0.2, 0) is 23.8 Å². The third kappa shape index (κ3) is 11.5. The van der Waals surface area contributed by atoms with Crippen molar-refractivity contribution in [3.63, 3.8) is 0 Å². The number of carbonyl (C=O) groups is 2. The molecule has 0 unspecified atom stereocenters. The second-order valence-electron chi connectivity index (χ2n) is 15.9. The van der Waals surface area contributed by atoms with Gasteiger partial charge in [0.1, 0.15) is 29.6 Å². The molecule has 2 aliphatic heterocycles. The quantitative estimate of drug-likeness (QED) is 0.0692. The lowest BCUT2D eigenvalue weighted by Crippen LogP contribution is -2.54. The molecule has 59 heavy (non-hydrogen) atoms. The molecule has 2 fully saturated rings. The number of likely N-dealkylation sites (tertiary alicyclic amines) is 2. The Balaban J connectivity index is 0.886. The van der Waals surface area contributed by atoms with Gasteiger partial charge in [0.15, 0.2) is 5.65 Å². The van der Waals surface area contributed by atoms with Crippen LogP contribution >= 0.6 is 0 Å². The Hall–Kier alpha value is -5.27. The lowest BCUT2D eigenvalue weighted by Gasteiger charge is -2.33. The third-order valence-corrected chi connectivity index (χ3v) is 10.5. The molecule has 0 aliphatic carbocycles. The van der Waals surface area contributed by atoms with E-state index < -0.39 is 22.5 Å². The second-order valence-corrected chi connectivity index (χ2v) is 15.9. The van der Waals surface area contributed by atoms with Crippen LogP contribution in [0.5, 0.6) is 11.5 Å². The Morgan fingerprint density at radius 2 is 1.66 bits per heavy atom. The minimum atomic E-state index is -0.684. The minimum Gasteiger partial charge on any atom is -0.450 e. The minimum absolute atomic E-state index is 0.0404. The summed E-state index contributed by atoms with van der Waals surface area (Å²) in [4.78, 5) is 49.9. The number of benzene rings is 2. The summed E-state index contributed by atoms with van der Waals surface area (Å²) < 4.78 is 24.7. The smallest absolute Gasteiger partial charge is 0.312 e. The van der Waals surface area contributed by atoms with Crippen molar-refractivity contribution in [3.05, 3.63) is 65.0 Å². The van der Waals surface area contributed by atoms with Gasteiger partial charge in [0.2, 0.25) is 17.6 Å². The lowest BCUT2D eigenvalue weighted by atomic mass is 9.85. The van der Waals surface area contributed by atoms with E-state index in [9.17, 15) is 24.8 Å². The van der Waals surface area contributed by atoms with Gasteiger partial charge in [-0.25, -0.2) is 14.6 Å². The summed E-state index contributed by atoms with van der Waals surface area (Å²) in [6, 6.07) is 13.0. The number of ether oxygens (including phenoxy) is 4. The molecule has 2 aromatic carbocycles. The van der Waals surface area contributed by atoms with Gasteiger partial charge in [-0.3, -0.25) is 19.7 Å². The number of rotatable bonds is 19. The molecule has 0 radical (unpaired) electrons. The molecule has 2 atom stereocenters. The predicted molar refractivity (Wildman–Crippen MR) is 219 cm³/mol. The number of carbonyl (C=O) groups excluding carboxylic acids is 2. The van der Waals surface area contributed by atoms with Gasteiger partial charge in [-0.1, -0.05) is 39.0 Å². The van der Waals surface area contributed by atoms with Crippen LogP contribution < -0.4 is 15.8 Å². The molecule has 2 aliphatic rings. The first kappa shape index (κ1) is 43.3. The van der Waals surface area contributed by atoms with E-state index in [0.29, 0.717) is 80.6 Å². The topological polar surface area (TPSA) is 223 Å². The Morgan fingerprint density at radius 1 is 0.966 bits per heavy atom. The summed E-state index contributed by atoms with van der Waals surface area (Å²) in [5.74, 6) is 0.414. The Kier molecular flexibility index (Phi) is 14.8. The van der Waals surface area contributed by atoms with E-state index in [-0.39, 0.29) is 48.1 Å². The van der Waals surface area contributed by atoms with E-state index in [1.807, 2.05) is 31.5 Å². The summed E-state index contributed by atoms with van der Waals surface area (Å²) in [5.41, 5.74) is 7.23. The normalized spacial score (nSPS) is 17.0. The average molecular weight is 818 g/mol. The number of nitro benzene ring substituents is 1. The van der Waals surface area contributed by atoms with Gasteiger partial charge in [0, 0.05) is 50.8 Å². The zero-order valence-electron chi connectivity index (χ0n) is 34.0.